The lowest BCUT2D eigenvalue weighted by atomic mass is 10.2. The van der Waals surface area contributed by atoms with Gasteiger partial charge < -0.3 is 19.5 Å². The van der Waals surface area contributed by atoms with E-state index in [2.05, 4.69) is 5.32 Å². The van der Waals surface area contributed by atoms with E-state index in [-0.39, 0.29) is 18.2 Å². The van der Waals surface area contributed by atoms with Gasteiger partial charge in [-0.05, 0) is 44.0 Å². The molecule has 8 heteroatoms. The molecular weight excluding hydrogens is 364 g/mol. The summed E-state index contributed by atoms with van der Waals surface area (Å²) in [5.41, 5.74) is 1.07. The Morgan fingerprint density at radius 3 is 2.64 bits per heavy atom. The molecule has 2 aromatic rings. The van der Waals surface area contributed by atoms with Gasteiger partial charge in [-0.3, -0.25) is 14.9 Å². The van der Waals surface area contributed by atoms with Crippen molar-refractivity contribution in [1.82, 2.24) is 0 Å². The molecule has 1 amide bonds. The van der Waals surface area contributed by atoms with Crippen LogP contribution in [0.1, 0.15) is 31.2 Å². The monoisotopic (exact) mass is 384 g/mol. The Hall–Kier alpha value is -3.29. The molecule has 2 aliphatic rings. The fraction of sp³-hybridized carbons (Fsp3) is 0.350. The number of nitro benzene ring substituents is 1. The molecule has 146 valence electrons. The average molecular weight is 384 g/mol. The number of aryl methyl sites for hydroxylation is 1. The van der Waals surface area contributed by atoms with Gasteiger partial charge in [0.1, 0.15) is 5.75 Å². The van der Waals surface area contributed by atoms with Gasteiger partial charge >= 0.3 is 0 Å². The van der Waals surface area contributed by atoms with Crippen LogP contribution in [0.5, 0.6) is 17.2 Å². The number of nitrogens with one attached hydrogen (secondary N) is 1. The van der Waals surface area contributed by atoms with Gasteiger partial charge in [-0.25, -0.2) is 0 Å². The van der Waals surface area contributed by atoms with E-state index in [0.29, 0.717) is 28.5 Å². The van der Waals surface area contributed by atoms with Crippen molar-refractivity contribution in [3.8, 4) is 17.2 Å². The van der Waals surface area contributed by atoms with Crippen molar-refractivity contribution in [3.05, 3.63) is 52.1 Å². The van der Waals surface area contributed by atoms with Crippen molar-refractivity contribution < 1.29 is 23.9 Å². The molecule has 1 aliphatic heterocycles. The van der Waals surface area contributed by atoms with E-state index >= 15 is 0 Å². The molecule has 1 N–H and O–H groups in total. The van der Waals surface area contributed by atoms with Crippen LogP contribution in [0.25, 0.3) is 0 Å². The summed E-state index contributed by atoms with van der Waals surface area (Å²) in [4.78, 5) is 22.6. The van der Waals surface area contributed by atoms with Gasteiger partial charge in [0, 0.05) is 36.2 Å². The number of nitrogens with zero attached hydrogens (tertiary/aromatic N) is 1. The lowest BCUT2D eigenvalue weighted by molar-refractivity contribution is -0.385. The van der Waals surface area contributed by atoms with E-state index in [1.807, 2.05) is 0 Å². The van der Waals surface area contributed by atoms with Gasteiger partial charge in [-0.2, -0.15) is 0 Å². The Bertz CT molecular complexity index is 936. The zero-order valence-corrected chi connectivity index (χ0v) is 15.4. The molecular formula is C20H20N2O6. The highest BCUT2D eigenvalue weighted by molar-refractivity contribution is 5.92. The summed E-state index contributed by atoms with van der Waals surface area (Å²) < 4.78 is 17.4. The summed E-state index contributed by atoms with van der Waals surface area (Å²) in [6.45, 7) is 1.41. The van der Waals surface area contributed by atoms with Crippen LogP contribution < -0.4 is 19.5 Å². The number of hydrogen-bond donors (Lipinski definition) is 1. The van der Waals surface area contributed by atoms with E-state index in [0.717, 1.165) is 25.7 Å². The first-order valence-corrected chi connectivity index (χ1v) is 9.14. The summed E-state index contributed by atoms with van der Waals surface area (Å²) in [7, 11) is 0. The van der Waals surface area contributed by atoms with Gasteiger partial charge in [0.05, 0.1) is 4.92 Å². The largest absolute Gasteiger partial charge is 0.484 e. The van der Waals surface area contributed by atoms with E-state index in [1.165, 1.54) is 18.2 Å². The Labute approximate surface area is 161 Å². The second-order valence-electron chi connectivity index (χ2n) is 7.03. The van der Waals surface area contributed by atoms with E-state index < -0.39 is 10.7 Å². The third-order valence-corrected chi connectivity index (χ3v) is 4.92. The normalized spacial score (nSPS) is 16.2. The molecule has 0 saturated heterocycles. The third-order valence-electron chi connectivity index (χ3n) is 4.92. The summed E-state index contributed by atoms with van der Waals surface area (Å²) in [6, 6.07) is 9.66. The van der Waals surface area contributed by atoms with Crippen molar-refractivity contribution in [2.75, 3.05) is 11.9 Å². The summed E-state index contributed by atoms with van der Waals surface area (Å²) in [5, 5.41) is 13.6. The minimum atomic E-state index is -0.540. The van der Waals surface area contributed by atoms with E-state index in [1.54, 1.807) is 25.1 Å². The van der Waals surface area contributed by atoms with Crippen LogP contribution in [0.3, 0.4) is 0 Å². The number of anilines is 1. The number of hydrogen-bond acceptors (Lipinski definition) is 6. The third kappa shape index (κ3) is 3.58. The van der Waals surface area contributed by atoms with Crippen LogP contribution in [0.2, 0.25) is 0 Å². The van der Waals surface area contributed by atoms with Crippen LogP contribution in [-0.2, 0) is 4.79 Å². The van der Waals surface area contributed by atoms with Gasteiger partial charge in [-0.15, -0.1) is 0 Å². The fourth-order valence-electron chi connectivity index (χ4n) is 3.56. The zero-order chi connectivity index (χ0) is 19.7. The second kappa shape index (κ2) is 7.03. The van der Waals surface area contributed by atoms with Crippen molar-refractivity contribution in [2.45, 2.75) is 38.4 Å². The standard InChI is InChI=1S/C20H20N2O6/c1-13-10-15(5-6-16(13)22(24)25)26-12-19(23)21-14-4-7-17-18(11-14)28-20(27-17)8-2-3-9-20/h4-7,10-11H,2-3,8-9,12H2,1H3,(H,21,23). The Morgan fingerprint density at radius 2 is 1.93 bits per heavy atom. The molecule has 2 aromatic carbocycles. The van der Waals surface area contributed by atoms with E-state index in [9.17, 15) is 14.9 Å². The number of carbonyl (C=O) groups is 1. The summed E-state index contributed by atoms with van der Waals surface area (Å²) in [5.74, 6) is 0.837. The highest BCUT2D eigenvalue weighted by Crippen LogP contribution is 2.47. The van der Waals surface area contributed by atoms with Crippen molar-refractivity contribution >= 4 is 17.3 Å². The van der Waals surface area contributed by atoms with Gasteiger partial charge in [0.15, 0.2) is 18.1 Å². The maximum atomic E-state index is 12.2. The number of carbonyl (C=O) groups excluding carboxylic acids is 1. The van der Waals surface area contributed by atoms with Crippen molar-refractivity contribution in [3.63, 3.8) is 0 Å². The molecule has 1 fully saturated rings. The first kappa shape index (κ1) is 18.1. The molecule has 8 nitrogen and oxygen atoms in total. The molecule has 4 rings (SSSR count). The van der Waals surface area contributed by atoms with Gasteiger partial charge in [-0.1, -0.05) is 0 Å². The van der Waals surface area contributed by atoms with Crippen LogP contribution in [0.15, 0.2) is 36.4 Å². The summed E-state index contributed by atoms with van der Waals surface area (Å²) >= 11 is 0. The number of rotatable bonds is 5. The van der Waals surface area contributed by atoms with Gasteiger partial charge in [0.2, 0.25) is 0 Å². The lowest BCUT2D eigenvalue weighted by Crippen LogP contribution is -2.34. The minimum absolute atomic E-state index is 0.0113. The highest BCUT2D eigenvalue weighted by Gasteiger charge is 2.44. The molecule has 1 saturated carbocycles. The van der Waals surface area contributed by atoms with E-state index in [4.69, 9.17) is 14.2 Å². The van der Waals surface area contributed by atoms with Crippen molar-refractivity contribution in [2.24, 2.45) is 0 Å². The van der Waals surface area contributed by atoms with Crippen LogP contribution in [0, 0.1) is 17.0 Å². The fourth-order valence-corrected chi connectivity index (χ4v) is 3.56. The molecule has 0 aromatic heterocycles. The number of fused-ring (bicyclic) bond motifs is 1. The molecule has 0 radical (unpaired) electrons. The maximum Gasteiger partial charge on any atom is 0.272 e. The summed E-state index contributed by atoms with van der Waals surface area (Å²) in [6.07, 6.45) is 3.89. The quantitative estimate of drug-likeness (QED) is 0.619. The number of amides is 1. The topological polar surface area (TPSA) is 99.9 Å². The number of benzene rings is 2. The van der Waals surface area contributed by atoms with Gasteiger partial charge in [0.25, 0.3) is 17.4 Å². The molecule has 0 bridgehead atoms. The molecule has 1 spiro atoms. The Kier molecular flexibility index (Phi) is 4.54. The molecule has 1 heterocycles. The predicted octanol–water partition coefficient (Wildman–Crippen LogP) is 3.96. The SMILES string of the molecule is Cc1cc(OCC(=O)Nc2ccc3c(c2)OC2(CCCC2)O3)ccc1[N+](=O)[O-]. The van der Waals surface area contributed by atoms with Crippen LogP contribution in [0.4, 0.5) is 11.4 Å². The average Bonchev–Trinajstić information content (AvgIpc) is 3.25. The molecule has 0 unspecified atom stereocenters. The first-order valence-electron chi connectivity index (χ1n) is 9.14. The Balaban J connectivity index is 1.35. The molecule has 28 heavy (non-hydrogen) atoms. The highest BCUT2D eigenvalue weighted by atomic mass is 16.7. The maximum absolute atomic E-state index is 12.2. The number of ether oxygens (including phenoxy) is 3. The van der Waals surface area contributed by atoms with Crippen LogP contribution >= 0.6 is 0 Å². The molecule has 0 atom stereocenters. The second-order valence-corrected chi connectivity index (χ2v) is 7.03. The zero-order valence-electron chi connectivity index (χ0n) is 15.4. The predicted molar refractivity (Wildman–Crippen MR) is 101 cm³/mol. The first-order chi connectivity index (χ1) is 13.4. The van der Waals surface area contributed by atoms with Crippen molar-refractivity contribution in [1.29, 1.82) is 0 Å². The number of nitro groups is 1. The Morgan fingerprint density at radius 1 is 1.18 bits per heavy atom. The smallest absolute Gasteiger partial charge is 0.272 e. The van der Waals surface area contributed by atoms with Crippen LogP contribution in [-0.4, -0.2) is 23.2 Å². The minimum Gasteiger partial charge on any atom is -0.484 e. The molecule has 1 aliphatic carbocycles. The lowest BCUT2D eigenvalue weighted by Gasteiger charge is -2.21.